The quantitative estimate of drug-likeness (QED) is 0.126. The van der Waals surface area contributed by atoms with Gasteiger partial charge in [-0.25, -0.2) is 4.98 Å². The van der Waals surface area contributed by atoms with Gasteiger partial charge in [0.1, 0.15) is 0 Å². The van der Waals surface area contributed by atoms with Gasteiger partial charge in [-0.1, -0.05) is 146 Å². The molecule has 0 amide bonds. The first-order valence-electron chi connectivity index (χ1n) is 22.7. The van der Waals surface area contributed by atoms with E-state index in [9.17, 15) is 0 Å². The average molecular weight is 839 g/mol. The van der Waals surface area contributed by atoms with Crippen molar-refractivity contribution in [1.29, 1.82) is 0 Å². The molecule has 0 fully saturated rings. The molecule has 4 heteroatoms. The van der Waals surface area contributed by atoms with Crippen LogP contribution in [0.15, 0.2) is 201 Å². The van der Waals surface area contributed by atoms with E-state index < -0.39 is 0 Å². The first kappa shape index (κ1) is 39.9. The number of rotatable bonds is 10. The maximum Gasteiger partial charge on any atom is 0.0716 e. The fourth-order valence-corrected chi connectivity index (χ4v) is 10.3. The van der Waals surface area contributed by atoms with Gasteiger partial charge in [-0.3, -0.25) is 0 Å². The van der Waals surface area contributed by atoms with Crippen molar-refractivity contribution in [2.45, 2.75) is 39.7 Å². The van der Waals surface area contributed by atoms with Gasteiger partial charge in [0, 0.05) is 66.5 Å². The third-order valence-electron chi connectivity index (χ3n) is 13.2. The van der Waals surface area contributed by atoms with Crippen molar-refractivity contribution in [2.24, 2.45) is 0 Å². The molecule has 4 heterocycles. The van der Waals surface area contributed by atoms with Crippen LogP contribution in [-0.2, 0) is 6.42 Å². The molecular formula is C61H50N4. The predicted octanol–water partition coefficient (Wildman–Crippen LogP) is 16.1. The Balaban J connectivity index is 1.11. The lowest BCUT2D eigenvalue weighted by Crippen LogP contribution is -2.04. The van der Waals surface area contributed by atoms with E-state index >= 15 is 0 Å². The lowest BCUT2D eigenvalue weighted by atomic mass is 9.98. The summed E-state index contributed by atoms with van der Waals surface area (Å²) in [5.41, 5.74) is 18.3. The van der Waals surface area contributed by atoms with Gasteiger partial charge < -0.3 is 13.7 Å². The van der Waals surface area contributed by atoms with E-state index in [0.717, 1.165) is 69.1 Å². The summed E-state index contributed by atoms with van der Waals surface area (Å²) in [4.78, 5) is 5.57. The van der Waals surface area contributed by atoms with Gasteiger partial charge >= 0.3 is 0 Å². The second-order valence-corrected chi connectivity index (χ2v) is 17.1. The monoisotopic (exact) mass is 838 g/mol. The third-order valence-corrected chi connectivity index (χ3v) is 13.2. The van der Waals surface area contributed by atoms with E-state index in [1.165, 1.54) is 54.9 Å². The molecule has 0 radical (unpaired) electrons. The smallest absolute Gasteiger partial charge is 0.0716 e. The molecule has 1 aliphatic rings. The second kappa shape index (κ2) is 16.6. The Bertz CT molecular complexity index is 3560. The zero-order valence-corrected chi connectivity index (χ0v) is 37.1. The molecule has 0 bridgehead atoms. The molecule has 10 aromatic rings. The van der Waals surface area contributed by atoms with Gasteiger partial charge in [0.15, 0.2) is 0 Å². The molecule has 0 saturated carbocycles. The van der Waals surface area contributed by atoms with E-state index in [1.807, 2.05) is 12.2 Å². The number of hydrogen-bond acceptors (Lipinski definition) is 1. The van der Waals surface area contributed by atoms with Gasteiger partial charge in [0.2, 0.25) is 0 Å². The van der Waals surface area contributed by atoms with Crippen LogP contribution in [0, 0.1) is 6.92 Å². The summed E-state index contributed by atoms with van der Waals surface area (Å²) in [6, 6.07) is 57.4. The molecule has 4 nitrogen and oxygen atoms in total. The van der Waals surface area contributed by atoms with Crippen LogP contribution >= 0.6 is 0 Å². The molecule has 1 unspecified atom stereocenters. The minimum atomic E-state index is 0.0288. The highest BCUT2D eigenvalue weighted by Crippen LogP contribution is 2.38. The number of para-hydroxylation sites is 4. The van der Waals surface area contributed by atoms with Crippen LogP contribution in [-0.4, -0.2) is 18.7 Å². The molecule has 0 N–H and O–H groups in total. The standard InChI is InChI=1S/C61H50N4/c1-5-7-30-56-42(4)49-25-8-13-31-57(49)64(56)48-24-19-22-45(38-48)55-40-46(43-21-18-23-47(37-43)65-60-34-16-11-28-52(60)53-29-12-17-35-61(53)65)39-54(62-55)44(20-6-2)36-41(3)63-58-32-14-9-26-50(58)51-27-10-15-33-59(51)63/h5-16,18-34,36-41H,1,17,35H2,2-4H3/b20-6-,30-7-,44-36+. The van der Waals surface area contributed by atoms with Crippen molar-refractivity contribution in [2.75, 3.05) is 0 Å². The van der Waals surface area contributed by atoms with Gasteiger partial charge in [-0.2, -0.15) is 0 Å². The fourth-order valence-electron chi connectivity index (χ4n) is 10.3. The number of hydrogen-bond donors (Lipinski definition) is 0. The zero-order valence-electron chi connectivity index (χ0n) is 37.1. The Morgan fingerprint density at radius 2 is 1.26 bits per heavy atom. The summed E-state index contributed by atoms with van der Waals surface area (Å²) in [5, 5.41) is 5.05. The van der Waals surface area contributed by atoms with E-state index in [0.29, 0.717) is 0 Å². The molecule has 1 aliphatic carbocycles. The van der Waals surface area contributed by atoms with Crippen molar-refractivity contribution in [3.8, 4) is 33.8 Å². The average Bonchev–Trinajstić information content (AvgIpc) is 3.98. The highest BCUT2D eigenvalue weighted by molar-refractivity contribution is 6.08. The number of fused-ring (bicyclic) bond motifs is 7. The molecule has 0 saturated heterocycles. The van der Waals surface area contributed by atoms with Crippen LogP contribution in [0.2, 0.25) is 0 Å². The highest BCUT2D eigenvalue weighted by Gasteiger charge is 2.21. The maximum absolute atomic E-state index is 5.57. The molecular weight excluding hydrogens is 789 g/mol. The van der Waals surface area contributed by atoms with Gasteiger partial charge in [-0.05, 0) is 123 Å². The van der Waals surface area contributed by atoms with Crippen LogP contribution in [0.1, 0.15) is 54.5 Å². The van der Waals surface area contributed by atoms with Crippen LogP contribution in [0.5, 0.6) is 0 Å². The topological polar surface area (TPSA) is 27.7 Å². The summed E-state index contributed by atoms with van der Waals surface area (Å²) in [6.07, 6.45) is 19.4. The van der Waals surface area contributed by atoms with Gasteiger partial charge in [0.25, 0.3) is 0 Å². The zero-order chi connectivity index (χ0) is 44.0. The molecule has 11 rings (SSSR count). The Morgan fingerprint density at radius 1 is 0.646 bits per heavy atom. The second-order valence-electron chi connectivity index (χ2n) is 17.1. The number of aromatic nitrogens is 4. The van der Waals surface area contributed by atoms with Crippen LogP contribution < -0.4 is 0 Å². The Hall–Kier alpha value is -7.95. The lowest BCUT2D eigenvalue weighted by molar-refractivity contribution is 0.712. The van der Waals surface area contributed by atoms with E-state index in [2.05, 4.69) is 235 Å². The lowest BCUT2D eigenvalue weighted by Gasteiger charge is -2.17. The minimum Gasteiger partial charge on any atom is -0.334 e. The van der Waals surface area contributed by atoms with Gasteiger partial charge in [-0.15, -0.1) is 0 Å². The number of pyridine rings is 1. The van der Waals surface area contributed by atoms with Crippen molar-refractivity contribution in [3.63, 3.8) is 0 Å². The summed E-state index contributed by atoms with van der Waals surface area (Å²) in [5.74, 6) is 0. The summed E-state index contributed by atoms with van der Waals surface area (Å²) in [6.45, 7) is 10.6. The summed E-state index contributed by atoms with van der Waals surface area (Å²) >= 11 is 0. The van der Waals surface area contributed by atoms with Crippen LogP contribution in [0.4, 0.5) is 0 Å². The van der Waals surface area contributed by atoms with E-state index in [-0.39, 0.29) is 6.04 Å². The third kappa shape index (κ3) is 6.90. The van der Waals surface area contributed by atoms with Crippen molar-refractivity contribution in [1.82, 2.24) is 18.7 Å². The molecule has 1 atom stereocenters. The van der Waals surface area contributed by atoms with Crippen LogP contribution in [0.3, 0.4) is 0 Å². The van der Waals surface area contributed by atoms with E-state index in [4.69, 9.17) is 4.98 Å². The molecule has 4 aromatic heterocycles. The van der Waals surface area contributed by atoms with Crippen molar-refractivity contribution in [3.05, 3.63) is 229 Å². The molecule has 314 valence electrons. The SMILES string of the molecule is C=C/C=C\c1c(C)c2ccccc2n1-c1cccc(-c2cc(-c3cccc(-n4c5c(c6ccccc64)C=CCC5)c3)cc(C(/C=C\C)=C/C(C)n3c4ccccc4c4ccccc43)n2)c1. The minimum absolute atomic E-state index is 0.0288. The Morgan fingerprint density at radius 3 is 1.97 bits per heavy atom. The fraction of sp³-hybridized carbons (Fsp3) is 0.0984. The molecule has 0 spiro atoms. The number of benzene rings is 6. The number of aryl methyl sites for hydroxylation is 1. The number of allylic oxidation sites excluding steroid dienone is 7. The molecule has 0 aliphatic heterocycles. The molecule has 65 heavy (non-hydrogen) atoms. The predicted molar refractivity (Wildman–Crippen MR) is 277 cm³/mol. The summed E-state index contributed by atoms with van der Waals surface area (Å²) in [7, 11) is 0. The van der Waals surface area contributed by atoms with Crippen molar-refractivity contribution >= 4 is 61.3 Å². The van der Waals surface area contributed by atoms with E-state index in [1.54, 1.807) is 0 Å². The Kier molecular flexibility index (Phi) is 10.2. The first-order chi connectivity index (χ1) is 32.0. The number of nitrogens with zero attached hydrogens (tertiary/aromatic N) is 4. The summed E-state index contributed by atoms with van der Waals surface area (Å²) < 4.78 is 7.30. The Labute approximate surface area is 380 Å². The maximum atomic E-state index is 5.57. The van der Waals surface area contributed by atoms with Crippen LogP contribution in [0.25, 0.3) is 95.1 Å². The largest absolute Gasteiger partial charge is 0.334 e. The highest BCUT2D eigenvalue weighted by atomic mass is 15.0. The van der Waals surface area contributed by atoms with Gasteiger partial charge in [0.05, 0.1) is 28.5 Å². The van der Waals surface area contributed by atoms with Crippen molar-refractivity contribution < 1.29 is 0 Å². The molecule has 6 aromatic carbocycles. The first-order valence-corrected chi connectivity index (χ1v) is 22.7. The normalized spacial score (nSPS) is 13.6.